The summed E-state index contributed by atoms with van der Waals surface area (Å²) in [4.78, 5) is 25.2. The molecule has 188 valence electrons. The summed E-state index contributed by atoms with van der Waals surface area (Å²) in [7, 11) is 1.40. The van der Waals surface area contributed by atoms with Gasteiger partial charge in [0.15, 0.2) is 12.4 Å². The molecule has 1 N–H and O–H groups in total. The monoisotopic (exact) mass is 492 g/mol. The average molecular weight is 493 g/mol. The number of ether oxygens (including phenoxy) is 5. The van der Waals surface area contributed by atoms with Gasteiger partial charge in [-0.05, 0) is 29.8 Å². The van der Waals surface area contributed by atoms with Gasteiger partial charge in [-0.3, -0.25) is 0 Å². The van der Waals surface area contributed by atoms with Gasteiger partial charge in [-0.25, -0.2) is 9.59 Å². The molecule has 1 fully saturated rings. The van der Waals surface area contributed by atoms with Crippen LogP contribution in [0.25, 0.3) is 0 Å². The Morgan fingerprint density at radius 2 is 1.36 bits per heavy atom. The molecule has 0 bridgehead atoms. The van der Waals surface area contributed by atoms with E-state index in [1.807, 2.05) is 30.3 Å². The van der Waals surface area contributed by atoms with E-state index in [1.54, 1.807) is 60.7 Å². The van der Waals surface area contributed by atoms with Crippen LogP contribution in [-0.4, -0.2) is 61.5 Å². The van der Waals surface area contributed by atoms with Crippen molar-refractivity contribution in [3.8, 4) is 0 Å². The highest BCUT2D eigenvalue weighted by atomic mass is 16.7. The van der Waals surface area contributed by atoms with Gasteiger partial charge in [-0.15, -0.1) is 0 Å². The first-order valence-electron chi connectivity index (χ1n) is 11.6. The number of carbonyl (C=O) groups is 2. The van der Waals surface area contributed by atoms with Crippen LogP contribution in [0.4, 0.5) is 0 Å². The van der Waals surface area contributed by atoms with Crippen molar-refractivity contribution >= 4 is 11.9 Å². The molecule has 1 aliphatic heterocycles. The minimum Gasteiger partial charge on any atom is -0.459 e. The Kier molecular flexibility index (Phi) is 8.80. The third-order valence-corrected chi connectivity index (χ3v) is 5.78. The Morgan fingerprint density at radius 3 is 1.94 bits per heavy atom. The number of rotatable bonds is 9. The molecular formula is C28H28O8. The van der Waals surface area contributed by atoms with Crippen molar-refractivity contribution in [2.75, 3.05) is 13.7 Å². The molecule has 0 aliphatic carbocycles. The van der Waals surface area contributed by atoms with E-state index in [-0.39, 0.29) is 13.2 Å². The smallest absolute Gasteiger partial charge is 0.338 e. The van der Waals surface area contributed by atoms with E-state index < -0.39 is 42.6 Å². The Morgan fingerprint density at radius 1 is 0.806 bits per heavy atom. The molecule has 5 atom stereocenters. The molecule has 1 aliphatic rings. The summed E-state index contributed by atoms with van der Waals surface area (Å²) in [5.74, 6) is -1.17. The third kappa shape index (κ3) is 6.35. The standard InChI is InChI=1S/C28H28O8/c1-32-28-25(36-27(31)21-15-9-4-10-16-21)24(33-17-19-11-5-2-6-12-19)23(29)22(35-28)18-34-26(30)20-13-7-3-8-14-20/h2-16,22-25,28-29H,17-18H2,1H3/t22-,23+,24+,25-,28+/m1/s1. The van der Waals surface area contributed by atoms with Crippen LogP contribution < -0.4 is 0 Å². The fourth-order valence-electron chi connectivity index (χ4n) is 3.88. The van der Waals surface area contributed by atoms with Gasteiger partial charge in [0.1, 0.15) is 24.9 Å². The zero-order chi connectivity index (χ0) is 25.3. The second kappa shape index (κ2) is 12.4. The Bertz CT molecular complexity index is 1110. The number of aliphatic hydroxyl groups excluding tert-OH is 1. The first-order valence-corrected chi connectivity index (χ1v) is 11.6. The van der Waals surface area contributed by atoms with E-state index in [1.165, 1.54) is 7.11 Å². The van der Waals surface area contributed by atoms with Crippen molar-refractivity contribution < 1.29 is 38.4 Å². The van der Waals surface area contributed by atoms with Gasteiger partial charge >= 0.3 is 11.9 Å². The highest BCUT2D eigenvalue weighted by Gasteiger charge is 2.49. The van der Waals surface area contributed by atoms with Gasteiger partial charge in [0.25, 0.3) is 0 Å². The highest BCUT2D eigenvalue weighted by molar-refractivity contribution is 5.89. The van der Waals surface area contributed by atoms with E-state index in [0.717, 1.165) is 5.56 Å². The predicted octanol–water partition coefficient (Wildman–Crippen LogP) is 3.39. The van der Waals surface area contributed by atoms with Crippen molar-refractivity contribution in [2.24, 2.45) is 0 Å². The van der Waals surface area contributed by atoms with Crippen molar-refractivity contribution in [3.63, 3.8) is 0 Å². The zero-order valence-corrected chi connectivity index (χ0v) is 19.8. The van der Waals surface area contributed by atoms with Crippen LogP contribution in [0, 0.1) is 0 Å². The maximum absolute atomic E-state index is 12.8. The Hall–Kier alpha value is -3.56. The number of benzene rings is 3. The SMILES string of the molecule is CO[C@H]1O[C@H](COC(=O)c2ccccc2)[C@H](O)[C@H](OCc2ccccc2)[C@H]1OC(=O)c1ccccc1. The van der Waals surface area contributed by atoms with E-state index in [9.17, 15) is 14.7 Å². The zero-order valence-electron chi connectivity index (χ0n) is 19.8. The molecule has 0 saturated carbocycles. The maximum atomic E-state index is 12.8. The highest BCUT2D eigenvalue weighted by Crippen LogP contribution is 2.28. The topological polar surface area (TPSA) is 101 Å². The van der Waals surface area contributed by atoms with Gasteiger partial charge in [0.05, 0.1) is 17.7 Å². The fourth-order valence-corrected chi connectivity index (χ4v) is 3.88. The second-order valence-corrected chi connectivity index (χ2v) is 8.23. The van der Waals surface area contributed by atoms with Crippen LogP contribution in [0.1, 0.15) is 26.3 Å². The molecule has 1 saturated heterocycles. The van der Waals surface area contributed by atoms with Crippen molar-refractivity contribution in [1.82, 2.24) is 0 Å². The van der Waals surface area contributed by atoms with E-state index in [4.69, 9.17) is 23.7 Å². The molecule has 1 heterocycles. The number of aliphatic hydroxyl groups is 1. The lowest BCUT2D eigenvalue weighted by molar-refractivity contribution is -0.301. The normalized spacial score (nSPS) is 23.6. The minimum absolute atomic E-state index is 0.148. The number of carbonyl (C=O) groups excluding carboxylic acids is 2. The van der Waals surface area contributed by atoms with Crippen LogP contribution in [0.5, 0.6) is 0 Å². The molecule has 0 radical (unpaired) electrons. The van der Waals surface area contributed by atoms with E-state index in [2.05, 4.69) is 0 Å². The van der Waals surface area contributed by atoms with Crippen molar-refractivity contribution in [3.05, 3.63) is 108 Å². The fraction of sp³-hybridized carbons (Fsp3) is 0.286. The molecular weight excluding hydrogens is 464 g/mol. The van der Waals surface area contributed by atoms with E-state index in [0.29, 0.717) is 11.1 Å². The van der Waals surface area contributed by atoms with Gasteiger partial charge < -0.3 is 28.8 Å². The summed E-state index contributed by atoms with van der Waals surface area (Å²) in [5, 5.41) is 11.2. The maximum Gasteiger partial charge on any atom is 0.338 e. The summed E-state index contributed by atoms with van der Waals surface area (Å²) in [5.41, 5.74) is 1.57. The summed E-state index contributed by atoms with van der Waals surface area (Å²) in [6.07, 6.45) is -5.42. The Labute approximate surface area is 209 Å². The molecule has 0 spiro atoms. The van der Waals surface area contributed by atoms with Crippen LogP contribution in [0.3, 0.4) is 0 Å². The van der Waals surface area contributed by atoms with Crippen molar-refractivity contribution in [1.29, 1.82) is 0 Å². The molecule has 36 heavy (non-hydrogen) atoms. The number of hydrogen-bond acceptors (Lipinski definition) is 8. The van der Waals surface area contributed by atoms with Crippen LogP contribution >= 0.6 is 0 Å². The predicted molar refractivity (Wildman–Crippen MR) is 129 cm³/mol. The van der Waals surface area contributed by atoms with Gasteiger partial charge in [-0.2, -0.15) is 0 Å². The third-order valence-electron chi connectivity index (χ3n) is 5.78. The lowest BCUT2D eigenvalue weighted by Crippen LogP contribution is -2.61. The summed E-state index contributed by atoms with van der Waals surface area (Å²) in [6.45, 7) is -0.103. The summed E-state index contributed by atoms with van der Waals surface area (Å²) in [6, 6.07) is 26.3. The second-order valence-electron chi connectivity index (χ2n) is 8.23. The largest absolute Gasteiger partial charge is 0.459 e. The van der Waals surface area contributed by atoms with E-state index >= 15 is 0 Å². The molecule has 0 amide bonds. The first kappa shape index (κ1) is 25.5. The Balaban J connectivity index is 1.51. The molecule has 0 unspecified atom stereocenters. The van der Waals surface area contributed by atoms with Crippen LogP contribution in [-0.2, 0) is 30.3 Å². The molecule has 4 rings (SSSR count). The number of methoxy groups -OCH3 is 1. The first-order chi connectivity index (χ1) is 17.6. The van der Waals surface area contributed by atoms with Gasteiger partial charge in [-0.1, -0.05) is 66.7 Å². The molecule has 8 heteroatoms. The molecule has 0 aromatic heterocycles. The number of esters is 2. The molecule has 3 aromatic carbocycles. The minimum atomic E-state index is -1.28. The molecule has 8 nitrogen and oxygen atoms in total. The van der Waals surface area contributed by atoms with Crippen molar-refractivity contribution in [2.45, 2.75) is 37.3 Å². The van der Waals surface area contributed by atoms with Gasteiger partial charge in [0.2, 0.25) is 0 Å². The van der Waals surface area contributed by atoms with Gasteiger partial charge in [0, 0.05) is 7.11 Å². The lowest BCUT2D eigenvalue weighted by atomic mass is 9.98. The average Bonchev–Trinajstić information content (AvgIpc) is 2.93. The lowest BCUT2D eigenvalue weighted by Gasteiger charge is -2.43. The quantitative estimate of drug-likeness (QED) is 0.454. The molecule has 3 aromatic rings. The summed E-state index contributed by atoms with van der Waals surface area (Å²) >= 11 is 0. The van der Waals surface area contributed by atoms with Crippen LogP contribution in [0.2, 0.25) is 0 Å². The number of hydrogen-bond donors (Lipinski definition) is 1. The van der Waals surface area contributed by atoms with Crippen LogP contribution in [0.15, 0.2) is 91.0 Å². The summed E-state index contributed by atoms with van der Waals surface area (Å²) < 4.78 is 28.5.